The Morgan fingerprint density at radius 3 is 2.76 bits per heavy atom. The van der Waals surface area contributed by atoms with Gasteiger partial charge in [0.2, 0.25) is 5.88 Å². The fraction of sp³-hybridized carbons (Fsp3) is 0.368. The molecule has 0 unspecified atom stereocenters. The molecule has 1 aromatic heterocycles. The predicted octanol–water partition coefficient (Wildman–Crippen LogP) is 3.29. The van der Waals surface area contributed by atoms with Gasteiger partial charge in [0, 0.05) is 25.1 Å². The fourth-order valence-corrected chi connectivity index (χ4v) is 2.59. The van der Waals surface area contributed by atoms with Crippen molar-refractivity contribution in [3.05, 3.63) is 48.2 Å². The second kappa shape index (κ2) is 8.48. The van der Waals surface area contributed by atoms with Crippen LogP contribution in [0, 0.1) is 0 Å². The van der Waals surface area contributed by atoms with E-state index >= 15 is 0 Å². The first-order chi connectivity index (χ1) is 12.3. The number of carbonyl (C=O) groups is 1. The highest BCUT2D eigenvalue weighted by Crippen LogP contribution is 2.24. The first-order valence-electron chi connectivity index (χ1n) is 8.50. The zero-order valence-electron chi connectivity index (χ0n) is 14.2. The minimum absolute atomic E-state index is 0.124. The van der Waals surface area contributed by atoms with E-state index in [1.54, 1.807) is 18.2 Å². The molecule has 1 aliphatic rings. The number of pyridine rings is 1. The number of para-hydroxylation sites is 2. The summed E-state index contributed by atoms with van der Waals surface area (Å²) in [6.07, 6.45) is 3.36. The molecule has 0 bridgehead atoms. The van der Waals surface area contributed by atoms with E-state index in [4.69, 9.17) is 14.2 Å². The van der Waals surface area contributed by atoms with Gasteiger partial charge < -0.3 is 19.5 Å². The van der Waals surface area contributed by atoms with E-state index in [-0.39, 0.29) is 12.0 Å². The van der Waals surface area contributed by atoms with Crippen LogP contribution < -0.4 is 14.8 Å². The van der Waals surface area contributed by atoms with Crippen molar-refractivity contribution in [1.82, 2.24) is 4.98 Å². The van der Waals surface area contributed by atoms with Crippen LogP contribution in [-0.2, 0) is 4.74 Å². The van der Waals surface area contributed by atoms with Crippen molar-refractivity contribution in [3.63, 3.8) is 0 Å². The Morgan fingerprint density at radius 2 is 2.04 bits per heavy atom. The maximum Gasteiger partial charge on any atom is 0.257 e. The number of benzene rings is 1. The van der Waals surface area contributed by atoms with Gasteiger partial charge in [-0.1, -0.05) is 12.1 Å². The summed E-state index contributed by atoms with van der Waals surface area (Å²) in [4.78, 5) is 16.6. The van der Waals surface area contributed by atoms with Gasteiger partial charge in [-0.2, -0.15) is 0 Å². The Morgan fingerprint density at radius 1 is 1.24 bits per heavy atom. The van der Waals surface area contributed by atoms with Crippen LogP contribution in [0.1, 0.15) is 30.1 Å². The third-order valence-electron chi connectivity index (χ3n) is 3.89. The highest BCUT2D eigenvalue weighted by Gasteiger charge is 2.16. The molecule has 1 aliphatic heterocycles. The molecular formula is C19H22N2O4. The molecule has 1 saturated heterocycles. The van der Waals surface area contributed by atoms with Gasteiger partial charge >= 0.3 is 0 Å². The average Bonchev–Trinajstić information content (AvgIpc) is 2.65. The van der Waals surface area contributed by atoms with Crippen molar-refractivity contribution in [3.8, 4) is 11.6 Å². The van der Waals surface area contributed by atoms with Crippen LogP contribution in [0.2, 0.25) is 0 Å². The van der Waals surface area contributed by atoms with Gasteiger partial charge in [0.05, 0.1) is 31.1 Å². The molecule has 1 amide bonds. The molecule has 6 nitrogen and oxygen atoms in total. The molecule has 0 atom stereocenters. The van der Waals surface area contributed by atoms with E-state index < -0.39 is 0 Å². The average molecular weight is 342 g/mol. The number of aromatic nitrogens is 1. The molecule has 3 rings (SSSR count). The van der Waals surface area contributed by atoms with Crippen molar-refractivity contribution in [2.75, 3.05) is 25.1 Å². The smallest absolute Gasteiger partial charge is 0.257 e. The topological polar surface area (TPSA) is 69.7 Å². The maximum atomic E-state index is 12.4. The number of rotatable bonds is 6. The summed E-state index contributed by atoms with van der Waals surface area (Å²) in [6, 6.07) is 10.8. The fourth-order valence-electron chi connectivity index (χ4n) is 2.59. The number of nitrogens with one attached hydrogen (secondary N) is 1. The lowest BCUT2D eigenvalue weighted by Crippen LogP contribution is -2.26. The van der Waals surface area contributed by atoms with Crippen molar-refractivity contribution < 1.29 is 19.0 Å². The lowest BCUT2D eigenvalue weighted by Gasteiger charge is -2.22. The van der Waals surface area contributed by atoms with E-state index in [2.05, 4.69) is 10.3 Å². The van der Waals surface area contributed by atoms with Gasteiger partial charge in [-0.15, -0.1) is 0 Å². The second-order valence-electron chi connectivity index (χ2n) is 5.70. The summed E-state index contributed by atoms with van der Waals surface area (Å²) in [5, 5.41) is 2.85. The zero-order chi connectivity index (χ0) is 17.5. The maximum absolute atomic E-state index is 12.4. The van der Waals surface area contributed by atoms with Crippen LogP contribution >= 0.6 is 0 Å². The molecule has 0 saturated carbocycles. The SMILES string of the molecule is CCOc1ccccc1NC(=O)c1ccc(OC2CCOCC2)nc1. The molecule has 1 N–H and O–H groups in total. The second-order valence-corrected chi connectivity index (χ2v) is 5.70. The zero-order valence-corrected chi connectivity index (χ0v) is 14.2. The lowest BCUT2D eigenvalue weighted by atomic mass is 10.1. The quantitative estimate of drug-likeness (QED) is 0.872. The van der Waals surface area contributed by atoms with Gasteiger partial charge in [0.15, 0.2) is 0 Å². The molecule has 1 aromatic carbocycles. The van der Waals surface area contributed by atoms with Crippen LogP contribution in [0.3, 0.4) is 0 Å². The van der Waals surface area contributed by atoms with Crippen molar-refractivity contribution in [2.45, 2.75) is 25.9 Å². The number of ether oxygens (including phenoxy) is 3. The van der Waals surface area contributed by atoms with E-state index in [0.717, 1.165) is 12.8 Å². The van der Waals surface area contributed by atoms with Gasteiger partial charge in [0.25, 0.3) is 5.91 Å². The number of hydrogen-bond donors (Lipinski definition) is 1. The summed E-state index contributed by atoms with van der Waals surface area (Å²) in [5.41, 5.74) is 1.10. The lowest BCUT2D eigenvalue weighted by molar-refractivity contribution is 0.0237. The molecule has 132 valence electrons. The Labute approximate surface area is 147 Å². The Balaban J connectivity index is 1.62. The summed E-state index contributed by atoms with van der Waals surface area (Å²) >= 11 is 0. The van der Waals surface area contributed by atoms with Gasteiger partial charge in [0.1, 0.15) is 11.9 Å². The number of nitrogens with zero attached hydrogens (tertiary/aromatic N) is 1. The Hall–Kier alpha value is -2.60. The largest absolute Gasteiger partial charge is 0.492 e. The summed E-state index contributed by atoms with van der Waals surface area (Å²) < 4.78 is 16.6. The van der Waals surface area contributed by atoms with Crippen LogP contribution in [0.5, 0.6) is 11.6 Å². The van der Waals surface area contributed by atoms with Crippen LogP contribution in [0.4, 0.5) is 5.69 Å². The van der Waals surface area contributed by atoms with E-state index in [1.165, 1.54) is 6.20 Å². The Kier molecular flexibility index (Phi) is 5.85. The Bertz CT molecular complexity index is 697. The first kappa shape index (κ1) is 17.2. The molecule has 1 fully saturated rings. The van der Waals surface area contributed by atoms with Crippen molar-refractivity contribution >= 4 is 11.6 Å². The summed E-state index contributed by atoms with van der Waals surface area (Å²) in [5.74, 6) is 0.932. The molecule has 2 aromatic rings. The first-order valence-corrected chi connectivity index (χ1v) is 8.50. The number of amides is 1. The highest BCUT2D eigenvalue weighted by molar-refractivity contribution is 6.04. The van der Waals surface area contributed by atoms with Crippen LogP contribution in [0.25, 0.3) is 0 Å². The molecule has 25 heavy (non-hydrogen) atoms. The van der Waals surface area contributed by atoms with E-state index in [0.29, 0.717) is 42.7 Å². The van der Waals surface area contributed by atoms with Gasteiger partial charge in [-0.25, -0.2) is 4.98 Å². The van der Waals surface area contributed by atoms with E-state index in [1.807, 2.05) is 25.1 Å². The molecule has 0 radical (unpaired) electrons. The van der Waals surface area contributed by atoms with Gasteiger partial charge in [-0.05, 0) is 25.1 Å². The van der Waals surface area contributed by atoms with Gasteiger partial charge in [-0.3, -0.25) is 4.79 Å². The van der Waals surface area contributed by atoms with Crippen molar-refractivity contribution in [1.29, 1.82) is 0 Å². The third-order valence-corrected chi connectivity index (χ3v) is 3.89. The predicted molar refractivity (Wildman–Crippen MR) is 94.3 cm³/mol. The molecular weight excluding hydrogens is 320 g/mol. The molecule has 2 heterocycles. The van der Waals surface area contributed by atoms with Crippen LogP contribution in [0.15, 0.2) is 42.6 Å². The monoisotopic (exact) mass is 342 g/mol. The van der Waals surface area contributed by atoms with Crippen LogP contribution in [-0.4, -0.2) is 36.8 Å². The summed E-state index contributed by atoms with van der Waals surface area (Å²) in [7, 11) is 0. The molecule has 0 spiro atoms. The molecule has 6 heteroatoms. The normalized spacial score (nSPS) is 14.8. The number of carbonyl (C=O) groups excluding carboxylic acids is 1. The molecule has 0 aliphatic carbocycles. The van der Waals surface area contributed by atoms with E-state index in [9.17, 15) is 4.79 Å². The number of anilines is 1. The third kappa shape index (κ3) is 4.70. The standard InChI is InChI=1S/C19H22N2O4/c1-2-24-17-6-4-3-5-16(17)21-19(22)14-7-8-18(20-13-14)25-15-9-11-23-12-10-15/h3-8,13,15H,2,9-12H2,1H3,(H,21,22). The highest BCUT2D eigenvalue weighted by atomic mass is 16.5. The number of hydrogen-bond acceptors (Lipinski definition) is 5. The minimum atomic E-state index is -0.239. The van der Waals surface area contributed by atoms with Crippen molar-refractivity contribution in [2.24, 2.45) is 0 Å². The summed E-state index contributed by atoms with van der Waals surface area (Å²) in [6.45, 7) is 3.86. The minimum Gasteiger partial charge on any atom is -0.492 e.